The van der Waals surface area contributed by atoms with Gasteiger partial charge in [0, 0.05) is 17.8 Å². The lowest BCUT2D eigenvalue weighted by atomic mass is 10.1. The first-order valence-electron chi connectivity index (χ1n) is 6.58. The summed E-state index contributed by atoms with van der Waals surface area (Å²) >= 11 is 0. The van der Waals surface area contributed by atoms with Crippen molar-refractivity contribution in [3.63, 3.8) is 0 Å². The van der Waals surface area contributed by atoms with Gasteiger partial charge in [-0.3, -0.25) is 4.68 Å². The summed E-state index contributed by atoms with van der Waals surface area (Å²) in [7, 11) is 0. The first-order valence-corrected chi connectivity index (χ1v) is 6.58. The monoisotopic (exact) mass is 248 g/mol. The molecule has 2 rings (SSSR count). The summed E-state index contributed by atoms with van der Waals surface area (Å²) in [5, 5.41) is 4.33. The van der Waals surface area contributed by atoms with Gasteiger partial charge in [0.25, 0.3) is 0 Å². The van der Waals surface area contributed by atoms with E-state index in [0.29, 0.717) is 12.6 Å². The van der Waals surface area contributed by atoms with E-state index in [4.69, 9.17) is 4.74 Å². The van der Waals surface area contributed by atoms with Gasteiger partial charge in [-0.05, 0) is 51.7 Å². The maximum atomic E-state index is 11.9. The predicted molar refractivity (Wildman–Crippen MR) is 70.0 cm³/mol. The number of carbonyl (C=O) groups excluding carboxylic acids is 1. The topological polar surface area (TPSA) is 44.1 Å². The van der Waals surface area contributed by atoms with Crippen LogP contribution in [-0.4, -0.2) is 22.4 Å². The Kier molecular flexibility index (Phi) is 3.84. The number of rotatable bonds is 4. The average molecular weight is 248 g/mol. The second-order valence-corrected chi connectivity index (χ2v) is 4.79. The van der Waals surface area contributed by atoms with Crippen LogP contribution >= 0.6 is 0 Å². The summed E-state index contributed by atoms with van der Waals surface area (Å²) in [5.41, 5.74) is 3.00. The van der Waals surface area contributed by atoms with Crippen LogP contribution in [0, 0.1) is 0 Å². The summed E-state index contributed by atoms with van der Waals surface area (Å²) in [4.78, 5) is 11.9. The standard InChI is InChI=1S/C14H20N2O2/c1-4-18-14(17)12-7-5-6-11(12)13-8-9-15-16(13)10(2)3/h8-10H,4-7H2,1-3H3. The second-order valence-electron chi connectivity index (χ2n) is 4.79. The van der Waals surface area contributed by atoms with Crippen molar-refractivity contribution in [2.24, 2.45) is 0 Å². The Morgan fingerprint density at radius 3 is 2.94 bits per heavy atom. The van der Waals surface area contributed by atoms with Crippen LogP contribution in [0.3, 0.4) is 0 Å². The molecule has 0 aliphatic heterocycles. The molecule has 1 aliphatic rings. The van der Waals surface area contributed by atoms with Crippen molar-refractivity contribution >= 4 is 11.5 Å². The molecule has 18 heavy (non-hydrogen) atoms. The van der Waals surface area contributed by atoms with Crippen molar-refractivity contribution in [2.45, 2.75) is 46.1 Å². The van der Waals surface area contributed by atoms with Crippen molar-refractivity contribution < 1.29 is 9.53 Å². The number of esters is 1. The van der Waals surface area contributed by atoms with Crippen LogP contribution in [0.4, 0.5) is 0 Å². The molecule has 0 saturated carbocycles. The molecule has 0 amide bonds. The third-order valence-corrected chi connectivity index (χ3v) is 3.21. The number of hydrogen-bond donors (Lipinski definition) is 0. The molecular weight excluding hydrogens is 228 g/mol. The fourth-order valence-corrected chi connectivity index (χ4v) is 2.43. The molecule has 0 fully saturated rings. The van der Waals surface area contributed by atoms with Crippen molar-refractivity contribution in [1.82, 2.24) is 9.78 Å². The molecule has 0 bridgehead atoms. The zero-order chi connectivity index (χ0) is 13.1. The van der Waals surface area contributed by atoms with Crippen molar-refractivity contribution in [3.05, 3.63) is 23.5 Å². The highest BCUT2D eigenvalue weighted by Crippen LogP contribution is 2.35. The first kappa shape index (κ1) is 12.9. The van der Waals surface area contributed by atoms with E-state index in [2.05, 4.69) is 18.9 Å². The maximum absolute atomic E-state index is 11.9. The van der Waals surface area contributed by atoms with Crippen molar-refractivity contribution in [1.29, 1.82) is 0 Å². The molecule has 0 radical (unpaired) electrons. The molecular formula is C14H20N2O2. The summed E-state index contributed by atoms with van der Waals surface area (Å²) in [5.74, 6) is -0.165. The van der Waals surface area contributed by atoms with E-state index in [1.165, 1.54) is 0 Å². The molecule has 1 heterocycles. The average Bonchev–Trinajstić information content (AvgIpc) is 2.97. The van der Waals surface area contributed by atoms with Crippen LogP contribution in [0.5, 0.6) is 0 Å². The highest BCUT2D eigenvalue weighted by molar-refractivity contribution is 5.98. The quantitative estimate of drug-likeness (QED) is 0.769. The maximum Gasteiger partial charge on any atom is 0.334 e. The van der Waals surface area contributed by atoms with Gasteiger partial charge in [0.05, 0.1) is 12.3 Å². The highest BCUT2D eigenvalue weighted by Gasteiger charge is 2.25. The van der Waals surface area contributed by atoms with Crippen molar-refractivity contribution in [2.75, 3.05) is 6.61 Å². The Hall–Kier alpha value is -1.58. The number of nitrogens with zero attached hydrogens (tertiary/aromatic N) is 2. The molecule has 4 heteroatoms. The minimum absolute atomic E-state index is 0.165. The minimum Gasteiger partial charge on any atom is -0.463 e. The van der Waals surface area contributed by atoms with E-state index in [-0.39, 0.29) is 5.97 Å². The number of carbonyl (C=O) groups is 1. The van der Waals surface area contributed by atoms with Gasteiger partial charge in [0.2, 0.25) is 0 Å². The van der Waals surface area contributed by atoms with Gasteiger partial charge in [0.1, 0.15) is 0 Å². The highest BCUT2D eigenvalue weighted by atomic mass is 16.5. The van der Waals surface area contributed by atoms with Crippen molar-refractivity contribution in [3.8, 4) is 0 Å². The fourth-order valence-electron chi connectivity index (χ4n) is 2.43. The lowest BCUT2D eigenvalue weighted by molar-refractivity contribution is -0.138. The van der Waals surface area contributed by atoms with Crippen LogP contribution in [0.2, 0.25) is 0 Å². The molecule has 0 atom stereocenters. The van der Waals surface area contributed by atoms with Gasteiger partial charge in [-0.25, -0.2) is 4.79 Å². The summed E-state index contributed by atoms with van der Waals surface area (Å²) in [6.07, 6.45) is 4.57. The predicted octanol–water partition coefficient (Wildman–Crippen LogP) is 2.96. The molecule has 1 aliphatic carbocycles. The Morgan fingerprint density at radius 1 is 1.50 bits per heavy atom. The number of hydrogen-bond acceptors (Lipinski definition) is 3. The van der Waals surface area contributed by atoms with Gasteiger partial charge in [0.15, 0.2) is 0 Å². The molecule has 4 nitrogen and oxygen atoms in total. The summed E-state index contributed by atoms with van der Waals surface area (Å²) in [6.45, 7) is 6.45. The molecule has 0 aromatic carbocycles. The zero-order valence-corrected chi connectivity index (χ0v) is 11.3. The Balaban J connectivity index is 2.38. The van der Waals surface area contributed by atoms with Crippen LogP contribution in [0.15, 0.2) is 17.8 Å². The van der Waals surface area contributed by atoms with Gasteiger partial charge in [-0.15, -0.1) is 0 Å². The van der Waals surface area contributed by atoms with E-state index in [0.717, 1.165) is 36.1 Å². The van der Waals surface area contributed by atoms with Crippen LogP contribution < -0.4 is 0 Å². The smallest absolute Gasteiger partial charge is 0.334 e. The normalized spacial score (nSPS) is 15.6. The largest absolute Gasteiger partial charge is 0.463 e. The van der Waals surface area contributed by atoms with E-state index in [1.807, 2.05) is 17.7 Å². The molecule has 0 N–H and O–H groups in total. The summed E-state index contributed by atoms with van der Waals surface area (Å²) < 4.78 is 7.10. The Morgan fingerprint density at radius 2 is 2.28 bits per heavy atom. The fraction of sp³-hybridized carbons (Fsp3) is 0.571. The van der Waals surface area contributed by atoms with Crippen LogP contribution in [-0.2, 0) is 9.53 Å². The van der Waals surface area contributed by atoms with E-state index in [9.17, 15) is 4.79 Å². The molecule has 1 aromatic rings. The molecule has 0 saturated heterocycles. The number of ether oxygens (including phenoxy) is 1. The molecule has 0 unspecified atom stereocenters. The Labute approximate surface area is 108 Å². The first-order chi connectivity index (χ1) is 8.65. The number of aromatic nitrogens is 2. The molecule has 0 spiro atoms. The van der Waals surface area contributed by atoms with Gasteiger partial charge < -0.3 is 4.74 Å². The SMILES string of the molecule is CCOC(=O)C1=C(c2ccnn2C(C)C)CCC1. The zero-order valence-electron chi connectivity index (χ0n) is 11.3. The lowest BCUT2D eigenvalue weighted by Crippen LogP contribution is -2.10. The van der Waals surface area contributed by atoms with E-state index >= 15 is 0 Å². The van der Waals surface area contributed by atoms with Gasteiger partial charge in [-0.2, -0.15) is 5.10 Å². The van der Waals surface area contributed by atoms with Gasteiger partial charge >= 0.3 is 5.97 Å². The van der Waals surface area contributed by atoms with Crippen LogP contribution in [0.25, 0.3) is 5.57 Å². The van der Waals surface area contributed by atoms with E-state index < -0.39 is 0 Å². The molecule has 98 valence electrons. The van der Waals surface area contributed by atoms with E-state index in [1.54, 1.807) is 6.20 Å². The third-order valence-electron chi connectivity index (χ3n) is 3.21. The van der Waals surface area contributed by atoms with Gasteiger partial charge in [-0.1, -0.05) is 0 Å². The second kappa shape index (κ2) is 5.38. The number of allylic oxidation sites excluding steroid dienone is 1. The molecule has 1 aromatic heterocycles. The lowest BCUT2D eigenvalue weighted by Gasteiger charge is -2.13. The minimum atomic E-state index is -0.165. The van der Waals surface area contributed by atoms with Crippen LogP contribution in [0.1, 0.15) is 51.8 Å². The summed E-state index contributed by atoms with van der Waals surface area (Å²) in [6, 6.07) is 2.28. The Bertz CT molecular complexity index is 472. The third kappa shape index (κ3) is 2.33.